The van der Waals surface area contributed by atoms with Gasteiger partial charge in [-0.3, -0.25) is 4.79 Å². The molecule has 2 aromatic rings. The third-order valence-electron chi connectivity index (χ3n) is 4.94. The monoisotopic (exact) mass is 517 g/mol. The molecule has 200 valence electrons. The smallest absolute Gasteiger partial charge is 0.458 e. The van der Waals surface area contributed by atoms with Gasteiger partial charge in [0.1, 0.15) is 18.2 Å². The molecule has 0 radical (unpaired) electrons. The van der Waals surface area contributed by atoms with Gasteiger partial charge in [0.2, 0.25) is 0 Å². The molecule has 0 saturated carbocycles. The maximum atomic E-state index is 12.6. The number of esters is 2. The van der Waals surface area contributed by atoms with E-state index >= 15 is 0 Å². The zero-order chi connectivity index (χ0) is 27.4. The number of hydrogen-bond acceptors (Lipinski definition) is 11. The van der Waals surface area contributed by atoms with Crippen LogP contribution < -0.4 is 15.2 Å². The van der Waals surface area contributed by atoms with E-state index in [0.29, 0.717) is 11.1 Å². The van der Waals surface area contributed by atoms with E-state index in [4.69, 9.17) is 34.2 Å². The van der Waals surface area contributed by atoms with E-state index in [0.717, 1.165) is 0 Å². The second kappa shape index (κ2) is 14.4. The topological polar surface area (TPSA) is 150 Å². The van der Waals surface area contributed by atoms with Crippen LogP contribution in [-0.2, 0) is 30.2 Å². The highest BCUT2D eigenvalue weighted by atomic mass is 16.7. The molecule has 0 aromatic heterocycles. The SMILES string of the molecule is CCOC(=O)Oc1ccc(C[C@H](N)C(=O)O[C@H](C)[C@@H](C)OC(=O)c2ccccc2)cc1OC(=O)OCC. The van der Waals surface area contributed by atoms with Crippen molar-refractivity contribution < 1.29 is 47.6 Å². The van der Waals surface area contributed by atoms with Gasteiger partial charge >= 0.3 is 24.2 Å². The molecule has 0 aliphatic rings. The molecule has 11 heteroatoms. The minimum atomic E-state index is -1.09. The number of hydrogen-bond donors (Lipinski definition) is 1. The Balaban J connectivity index is 2.02. The summed E-state index contributed by atoms with van der Waals surface area (Å²) in [5.74, 6) is -1.48. The average Bonchev–Trinajstić information content (AvgIpc) is 2.86. The first-order valence-corrected chi connectivity index (χ1v) is 11.7. The zero-order valence-electron chi connectivity index (χ0n) is 21.1. The molecule has 0 heterocycles. The maximum absolute atomic E-state index is 12.6. The Bertz CT molecular complexity index is 1070. The minimum absolute atomic E-state index is 0.00259. The molecule has 2 aromatic carbocycles. The molecule has 3 atom stereocenters. The number of carbonyl (C=O) groups excluding carboxylic acids is 4. The lowest BCUT2D eigenvalue weighted by atomic mass is 10.1. The lowest BCUT2D eigenvalue weighted by molar-refractivity contribution is -0.154. The second-order valence-electron chi connectivity index (χ2n) is 7.78. The largest absolute Gasteiger partial charge is 0.513 e. The van der Waals surface area contributed by atoms with Crippen molar-refractivity contribution in [3.05, 3.63) is 59.7 Å². The first kappa shape index (κ1) is 29.1. The van der Waals surface area contributed by atoms with Gasteiger partial charge in [-0.2, -0.15) is 0 Å². The van der Waals surface area contributed by atoms with Crippen molar-refractivity contribution in [1.29, 1.82) is 0 Å². The van der Waals surface area contributed by atoms with Gasteiger partial charge in [-0.1, -0.05) is 24.3 Å². The molecule has 0 amide bonds. The second-order valence-corrected chi connectivity index (χ2v) is 7.78. The van der Waals surface area contributed by atoms with E-state index < -0.39 is 42.5 Å². The highest BCUT2D eigenvalue weighted by Gasteiger charge is 2.25. The fourth-order valence-electron chi connectivity index (χ4n) is 2.93. The van der Waals surface area contributed by atoms with E-state index in [1.54, 1.807) is 58.0 Å². The molecule has 0 aliphatic heterocycles. The maximum Gasteiger partial charge on any atom is 0.513 e. The molecule has 2 N–H and O–H groups in total. The van der Waals surface area contributed by atoms with Crippen LogP contribution in [0.15, 0.2) is 48.5 Å². The van der Waals surface area contributed by atoms with Crippen LogP contribution in [0.5, 0.6) is 11.5 Å². The third kappa shape index (κ3) is 9.45. The summed E-state index contributed by atoms with van der Waals surface area (Å²) in [5.41, 5.74) is 6.89. The van der Waals surface area contributed by atoms with Crippen molar-refractivity contribution in [3.63, 3.8) is 0 Å². The van der Waals surface area contributed by atoms with E-state index in [2.05, 4.69) is 0 Å². The third-order valence-corrected chi connectivity index (χ3v) is 4.94. The van der Waals surface area contributed by atoms with Gasteiger partial charge in [-0.25, -0.2) is 14.4 Å². The van der Waals surface area contributed by atoms with Crippen LogP contribution in [0.3, 0.4) is 0 Å². The molecule has 0 unspecified atom stereocenters. The van der Waals surface area contributed by atoms with Gasteiger partial charge < -0.3 is 34.2 Å². The highest BCUT2D eigenvalue weighted by Crippen LogP contribution is 2.30. The summed E-state index contributed by atoms with van der Waals surface area (Å²) >= 11 is 0. The van der Waals surface area contributed by atoms with Crippen molar-refractivity contribution in [1.82, 2.24) is 0 Å². The normalized spacial score (nSPS) is 12.9. The Morgan fingerprint density at radius 1 is 0.784 bits per heavy atom. The Hall–Kier alpha value is -4.12. The number of rotatable bonds is 11. The molecule has 11 nitrogen and oxygen atoms in total. The number of carbonyl (C=O) groups is 4. The summed E-state index contributed by atoms with van der Waals surface area (Å²) in [6.45, 7) is 6.55. The van der Waals surface area contributed by atoms with Crippen LogP contribution >= 0.6 is 0 Å². The lowest BCUT2D eigenvalue weighted by Gasteiger charge is -2.22. The van der Waals surface area contributed by atoms with E-state index in [9.17, 15) is 19.2 Å². The van der Waals surface area contributed by atoms with Gasteiger partial charge in [0.25, 0.3) is 0 Å². The van der Waals surface area contributed by atoms with Gasteiger partial charge in [0, 0.05) is 0 Å². The molecular formula is C26H31NO10. The lowest BCUT2D eigenvalue weighted by Crippen LogP contribution is -2.39. The van der Waals surface area contributed by atoms with Gasteiger partial charge in [-0.15, -0.1) is 0 Å². The fraction of sp³-hybridized carbons (Fsp3) is 0.385. The highest BCUT2D eigenvalue weighted by molar-refractivity contribution is 5.89. The van der Waals surface area contributed by atoms with Crippen molar-refractivity contribution in [2.75, 3.05) is 13.2 Å². The first-order valence-electron chi connectivity index (χ1n) is 11.7. The van der Waals surface area contributed by atoms with E-state index in [1.807, 2.05) is 0 Å². The Morgan fingerprint density at radius 2 is 1.35 bits per heavy atom. The molecular weight excluding hydrogens is 486 g/mol. The van der Waals surface area contributed by atoms with Crippen LogP contribution in [0, 0.1) is 0 Å². The Morgan fingerprint density at radius 3 is 1.95 bits per heavy atom. The molecule has 0 spiro atoms. The number of ether oxygens (including phenoxy) is 6. The van der Waals surface area contributed by atoms with Crippen molar-refractivity contribution in [2.45, 2.75) is 52.4 Å². The van der Waals surface area contributed by atoms with Crippen LogP contribution in [0.1, 0.15) is 43.6 Å². The molecule has 2 rings (SSSR count). The summed E-state index contributed by atoms with van der Waals surface area (Å²) in [4.78, 5) is 48.3. The fourth-order valence-corrected chi connectivity index (χ4v) is 2.93. The predicted molar refractivity (Wildman–Crippen MR) is 130 cm³/mol. The van der Waals surface area contributed by atoms with Crippen molar-refractivity contribution >= 4 is 24.2 Å². The van der Waals surface area contributed by atoms with Gasteiger partial charge in [-0.05, 0) is 63.9 Å². The van der Waals surface area contributed by atoms with E-state index in [1.165, 1.54) is 18.2 Å². The summed E-state index contributed by atoms with van der Waals surface area (Å²) in [6, 6.07) is 11.6. The van der Waals surface area contributed by atoms with Crippen molar-refractivity contribution in [2.24, 2.45) is 5.73 Å². The minimum Gasteiger partial charge on any atom is -0.458 e. The predicted octanol–water partition coefficient (Wildman–Crippen LogP) is 3.80. The van der Waals surface area contributed by atoms with Gasteiger partial charge in [0.05, 0.1) is 18.8 Å². The summed E-state index contributed by atoms with van der Waals surface area (Å²) in [7, 11) is 0. The molecule has 37 heavy (non-hydrogen) atoms. The van der Waals surface area contributed by atoms with E-state index in [-0.39, 0.29) is 31.1 Å². The summed E-state index contributed by atoms with van der Waals surface area (Å²) < 4.78 is 30.4. The average molecular weight is 518 g/mol. The van der Waals surface area contributed by atoms with Crippen molar-refractivity contribution in [3.8, 4) is 11.5 Å². The van der Waals surface area contributed by atoms with Crippen LogP contribution in [0.25, 0.3) is 0 Å². The Labute approximate surface area is 214 Å². The van der Waals surface area contributed by atoms with Crippen LogP contribution in [0.2, 0.25) is 0 Å². The molecule has 0 bridgehead atoms. The van der Waals surface area contributed by atoms with Crippen LogP contribution in [-0.4, -0.2) is 55.7 Å². The molecule has 0 saturated heterocycles. The summed E-state index contributed by atoms with van der Waals surface area (Å²) in [6.07, 6.45) is -3.49. The van der Waals surface area contributed by atoms with Gasteiger partial charge in [0.15, 0.2) is 11.5 Å². The zero-order valence-corrected chi connectivity index (χ0v) is 21.1. The standard InChI is InChI=1S/C26H31NO10/c1-5-32-25(30)36-21-13-12-18(15-22(21)37-26(31)33-6-2)14-20(27)24(29)35-17(4)16(3)34-23(28)19-10-8-7-9-11-19/h7-13,15-17,20H,5-6,14,27H2,1-4H3/t16-,17-,20+/m1/s1. The molecule has 0 aliphatic carbocycles. The number of benzene rings is 2. The first-order chi connectivity index (χ1) is 17.6. The Kier molecular flexibility index (Phi) is 11.4. The molecule has 0 fully saturated rings. The number of nitrogens with two attached hydrogens (primary N) is 1. The quantitative estimate of drug-likeness (QED) is 0.263. The van der Waals surface area contributed by atoms with Crippen LogP contribution in [0.4, 0.5) is 9.59 Å². The summed E-state index contributed by atoms with van der Waals surface area (Å²) in [5, 5.41) is 0.